The molecule has 0 spiro atoms. The maximum Gasteiger partial charge on any atom is 0.326 e. The summed E-state index contributed by atoms with van der Waals surface area (Å²) in [4.78, 5) is 65.0. The molecule has 0 aromatic heterocycles. The number of nitrogens with one attached hydrogen (secondary N) is 3. The number of nitrogens with zero attached hydrogens (tertiary/aromatic N) is 1. The molecule has 0 fully saturated rings. The van der Waals surface area contributed by atoms with E-state index >= 15 is 0 Å². The van der Waals surface area contributed by atoms with Crippen LogP contribution in [0.15, 0.2) is 4.99 Å². The van der Waals surface area contributed by atoms with Gasteiger partial charge in [0.1, 0.15) is 18.1 Å². The number of carbonyl (C=O) groups is 5. The summed E-state index contributed by atoms with van der Waals surface area (Å²) in [7, 11) is 0. The number of amides is 3. The Morgan fingerprint density at radius 2 is 1.53 bits per heavy atom. The second-order valence-electron chi connectivity index (χ2n) is 8.27. The quantitative estimate of drug-likeness (QED) is 0.0553. The van der Waals surface area contributed by atoms with E-state index in [4.69, 9.17) is 17.2 Å². The van der Waals surface area contributed by atoms with Gasteiger partial charge < -0.3 is 43.4 Å². The summed E-state index contributed by atoms with van der Waals surface area (Å²) >= 11 is 1.47. The first kappa shape index (κ1) is 32.9. The minimum absolute atomic E-state index is 0.0160. The first-order chi connectivity index (χ1) is 16.8. The lowest BCUT2D eigenvalue weighted by atomic mass is 9.98. The molecule has 0 aliphatic heterocycles. The van der Waals surface area contributed by atoms with Gasteiger partial charge in [0, 0.05) is 6.54 Å². The maximum absolute atomic E-state index is 12.9. The predicted octanol–water partition coefficient (Wildman–Crippen LogP) is -1.82. The van der Waals surface area contributed by atoms with Crippen molar-refractivity contribution < 1.29 is 34.2 Å². The minimum Gasteiger partial charge on any atom is -0.481 e. The molecule has 0 saturated carbocycles. The molecule has 0 aliphatic rings. The van der Waals surface area contributed by atoms with Crippen LogP contribution in [0.3, 0.4) is 0 Å². The Morgan fingerprint density at radius 3 is 2.03 bits per heavy atom. The molecule has 0 aromatic carbocycles. The predicted molar refractivity (Wildman–Crippen MR) is 136 cm³/mol. The molecule has 0 radical (unpaired) electrons. The van der Waals surface area contributed by atoms with Gasteiger partial charge in [-0.05, 0) is 37.2 Å². The lowest BCUT2D eigenvalue weighted by Crippen LogP contribution is -2.58. The first-order valence-electron chi connectivity index (χ1n) is 11.5. The third-order valence-electron chi connectivity index (χ3n) is 5.34. The average Bonchev–Trinajstić information content (AvgIpc) is 2.80. The molecule has 0 saturated heterocycles. The smallest absolute Gasteiger partial charge is 0.326 e. The number of hydrogen-bond donors (Lipinski definition) is 8. The van der Waals surface area contributed by atoms with E-state index in [0.29, 0.717) is 18.6 Å². The van der Waals surface area contributed by atoms with E-state index in [0.717, 1.165) is 0 Å². The lowest BCUT2D eigenvalue weighted by molar-refractivity contribution is -0.144. The van der Waals surface area contributed by atoms with Crippen molar-refractivity contribution in [1.29, 1.82) is 0 Å². The standard InChI is InChI=1S/C21H39N7O7S/c1-4-11(2)16(20(34)35)28-18(32)13(6-5-8-25-21(23)24)26-19(33)14(10-15(29)30)27-17(31)12(22)7-9-36-3/h11-14,16H,4-10,22H2,1-3H3,(H,26,33)(H,27,31)(H,28,32)(H,29,30)(H,34,35)(H4,23,24,25). The van der Waals surface area contributed by atoms with E-state index < -0.39 is 66.2 Å². The fraction of sp³-hybridized carbons (Fsp3) is 0.714. The largest absolute Gasteiger partial charge is 0.481 e. The number of thioether (sulfide) groups is 1. The Balaban J connectivity index is 5.66. The zero-order valence-electron chi connectivity index (χ0n) is 20.9. The SMILES string of the molecule is CCC(C)C(NC(=O)C(CCCN=C(N)N)NC(=O)C(CC(=O)O)NC(=O)C(N)CCSC)C(=O)O. The summed E-state index contributed by atoms with van der Waals surface area (Å²) in [6.07, 6.45) is 2.13. The zero-order valence-corrected chi connectivity index (χ0v) is 21.7. The molecular weight excluding hydrogens is 494 g/mol. The van der Waals surface area contributed by atoms with Gasteiger partial charge in [-0.3, -0.25) is 24.2 Å². The Hall–Kier alpha value is -3.07. The van der Waals surface area contributed by atoms with Crippen molar-refractivity contribution in [3.63, 3.8) is 0 Å². The average molecular weight is 534 g/mol. The van der Waals surface area contributed by atoms with Gasteiger partial charge in [0.05, 0.1) is 12.5 Å². The number of carboxylic acids is 2. The molecule has 0 heterocycles. The first-order valence-corrected chi connectivity index (χ1v) is 12.9. The fourth-order valence-electron chi connectivity index (χ4n) is 3.02. The molecule has 11 N–H and O–H groups in total. The minimum atomic E-state index is -1.51. The molecule has 0 bridgehead atoms. The van der Waals surface area contributed by atoms with Gasteiger partial charge in [0.2, 0.25) is 17.7 Å². The van der Waals surface area contributed by atoms with E-state index in [1.165, 1.54) is 11.8 Å². The highest BCUT2D eigenvalue weighted by molar-refractivity contribution is 7.98. The number of carbonyl (C=O) groups excluding carboxylic acids is 3. The van der Waals surface area contributed by atoms with E-state index in [9.17, 15) is 34.2 Å². The normalized spacial score (nSPS) is 14.9. The van der Waals surface area contributed by atoms with Gasteiger partial charge in [0.15, 0.2) is 5.96 Å². The van der Waals surface area contributed by atoms with Crippen LogP contribution >= 0.6 is 11.8 Å². The third kappa shape index (κ3) is 13.1. The number of nitrogens with two attached hydrogens (primary N) is 3. The summed E-state index contributed by atoms with van der Waals surface area (Å²) < 4.78 is 0. The van der Waals surface area contributed by atoms with Crippen molar-refractivity contribution in [1.82, 2.24) is 16.0 Å². The van der Waals surface area contributed by atoms with Gasteiger partial charge in [-0.25, -0.2) is 4.79 Å². The molecule has 14 nitrogen and oxygen atoms in total. The molecule has 0 aliphatic carbocycles. The molecular formula is C21H39N7O7S. The van der Waals surface area contributed by atoms with Crippen LogP contribution in [-0.4, -0.2) is 88.6 Å². The van der Waals surface area contributed by atoms with Crippen LogP contribution in [0, 0.1) is 5.92 Å². The van der Waals surface area contributed by atoms with Crippen LogP contribution in [0.4, 0.5) is 0 Å². The number of aliphatic imine (C=N–C) groups is 1. The fourth-order valence-corrected chi connectivity index (χ4v) is 3.51. The van der Waals surface area contributed by atoms with Crippen LogP contribution in [0.2, 0.25) is 0 Å². The van der Waals surface area contributed by atoms with E-state index in [1.54, 1.807) is 13.8 Å². The van der Waals surface area contributed by atoms with Gasteiger partial charge in [-0.1, -0.05) is 20.3 Å². The lowest BCUT2D eigenvalue weighted by Gasteiger charge is -2.26. The summed E-state index contributed by atoms with van der Waals surface area (Å²) in [5.74, 6) is -4.98. The molecule has 0 rings (SSSR count). The summed E-state index contributed by atoms with van der Waals surface area (Å²) in [5.41, 5.74) is 16.4. The van der Waals surface area contributed by atoms with Crippen molar-refractivity contribution in [2.24, 2.45) is 28.1 Å². The topological polar surface area (TPSA) is 252 Å². The van der Waals surface area contributed by atoms with Crippen LogP contribution in [0.1, 0.15) is 46.0 Å². The van der Waals surface area contributed by atoms with Crippen LogP contribution in [0.25, 0.3) is 0 Å². The van der Waals surface area contributed by atoms with Crippen molar-refractivity contribution >= 4 is 47.4 Å². The molecule has 3 amide bonds. The number of aliphatic carboxylic acids is 2. The van der Waals surface area contributed by atoms with Crippen molar-refractivity contribution in [2.75, 3.05) is 18.6 Å². The molecule has 206 valence electrons. The number of hydrogen-bond acceptors (Lipinski definition) is 8. The van der Waals surface area contributed by atoms with Crippen LogP contribution in [0.5, 0.6) is 0 Å². The van der Waals surface area contributed by atoms with E-state index in [2.05, 4.69) is 20.9 Å². The van der Waals surface area contributed by atoms with Gasteiger partial charge in [0.25, 0.3) is 0 Å². The Kier molecular flexibility index (Phi) is 15.9. The maximum atomic E-state index is 12.9. The Bertz CT molecular complexity index is 793. The molecule has 5 atom stereocenters. The molecule has 0 aromatic rings. The number of guanidine groups is 1. The van der Waals surface area contributed by atoms with Crippen molar-refractivity contribution in [2.45, 2.75) is 70.1 Å². The van der Waals surface area contributed by atoms with Crippen molar-refractivity contribution in [3.8, 4) is 0 Å². The highest BCUT2D eigenvalue weighted by Gasteiger charge is 2.32. The summed E-state index contributed by atoms with van der Waals surface area (Å²) in [6.45, 7) is 3.56. The summed E-state index contributed by atoms with van der Waals surface area (Å²) in [6, 6.07) is -4.90. The second-order valence-corrected chi connectivity index (χ2v) is 9.25. The highest BCUT2D eigenvalue weighted by Crippen LogP contribution is 2.10. The van der Waals surface area contributed by atoms with Gasteiger partial charge in [-0.15, -0.1) is 0 Å². The molecule has 15 heteroatoms. The van der Waals surface area contributed by atoms with Crippen LogP contribution in [-0.2, 0) is 24.0 Å². The summed E-state index contributed by atoms with van der Waals surface area (Å²) in [5, 5.41) is 25.9. The van der Waals surface area contributed by atoms with Gasteiger partial charge in [-0.2, -0.15) is 11.8 Å². The molecule has 5 unspecified atom stereocenters. The Labute approximate surface area is 214 Å². The number of rotatable bonds is 18. The van der Waals surface area contributed by atoms with E-state index in [-0.39, 0.29) is 25.3 Å². The highest BCUT2D eigenvalue weighted by atomic mass is 32.2. The molecule has 36 heavy (non-hydrogen) atoms. The third-order valence-corrected chi connectivity index (χ3v) is 5.98. The van der Waals surface area contributed by atoms with E-state index in [1.807, 2.05) is 6.26 Å². The van der Waals surface area contributed by atoms with Crippen LogP contribution < -0.4 is 33.2 Å². The second kappa shape index (κ2) is 17.4. The van der Waals surface area contributed by atoms with Gasteiger partial charge >= 0.3 is 11.9 Å². The monoisotopic (exact) mass is 533 g/mol. The Morgan fingerprint density at radius 1 is 0.944 bits per heavy atom. The van der Waals surface area contributed by atoms with Crippen molar-refractivity contribution in [3.05, 3.63) is 0 Å². The number of carboxylic acid groups (broad SMARTS) is 2. The zero-order chi connectivity index (χ0) is 27.8.